The van der Waals surface area contributed by atoms with Gasteiger partial charge in [-0.2, -0.15) is 0 Å². The minimum atomic E-state index is -0.712. The Morgan fingerprint density at radius 2 is 2.00 bits per heavy atom. The number of rotatable bonds is 2. The molecule has 0 amide bonds. The van der Waals surface area contributed by atoms with Gasteiger partial charge in [0.15, 0.2) is 0 Å². The van der Waals surface area contributed by atoms with Crippen LogP contribution >= 0.6 is 0 Å². The smallest absolute Gasteiger partial charge is 0.0887 e. The van der Waals surface area contributed by atoms with Crippen molar-refractivity contribution in [1.82, 2.24) is 0 Å². The van der Waals surface area contributed by atoms with Gasteiger partial charge in [0, 0.05) is 6.61 Å². The first-order valence-corrected chi connectivity index (χ1v) is 6.79. The van der Waals surface area contributed by atoms with E-state index < -0.39 is 5.60 Å². The molecular formula is C15H26O2. The van der Waals surface area contributed by atoms with Gasteiger partial charge in [-0.05, 0) is 61.3 Å². The summed E-state index contributed by atoms with van der Waals surface area (Å²) < 4.78 is 0. The second-order valence-corrected chi connectivity index (χ2v) is 7.04. The molecule has 4 atom stereocenters. The molecule has 0 aromatic heterocycles. The summed E-state index contributed by atoms with van der Waals surface area (Å²) in [5.41, 5.74) is 0.335. The molecule has 2 nitrogen and oxygen atoms in total. The molecule has 0 saturated heterocycles. The van der Waals surface area contributed by atoms with Gasteiger partial charge in [-0.3, -0.25) is 0 Å². The fourth-order valence-electron chi connectivity index (χ4n) is 4.32. The number of hydrogen-bond acceptors (Lipinski definition) is 2. The molecule has 2 N–H and O–H groups in total. The van der Waals surface area contributed by atoms with Crippen LogP contribution in [0.2, 0.25) is 0 Å². The Labute approximate surface area is 105 Å². The molecule has 2 heteroatoms. The Morgan fingerprint density at radius 1 is 1.35 bits per heavy atom. The fraction of sp³-hybridized carbons (Fsp3) is 0.867. The molecular weight excluding hydrogens is 212 g/mol. The minimum absolute atomic E-state index is 0.145. The monoisotopic (exact) mass is 238 g/mol. The Kier molecular flexibility index (Phi) is 3.16. The lowest BCUT2D eigenvalue weighted by Crippen LogP contribution is -2.50. The van der Waals surface area contributed by atoms with Gasteiger partial charge in [-0.15, -0.1) is 0 Å². The predicted octanol–water partition coefficient (Wildman–Crippen LogP) is 2.75. The highest BCUT2D eigenvalue weighted by atomic mass is 16.3. The maximum atomic E-state index is 11.0. The molecule has 0 bridgehead atoms. The van der Waals surface area contributed by atoms with Crippen LogP contribution in [-0.2, 0) is 0 Å². The zero-order valence-electron chi connectivity index (χ0n) is 11.4. The summed E-state index contributed by atoms with van der Waals surface area (Å²) in [6.07, 6.45) is 4.03. The van der Waals surface area contributed by atoms with E-state index in [1.807, 2.05) is 6.92 Å². The lowest BCUT2D eigenvalue weighted by Gasteiger charge is -2.50. The molecule has 0 heterocycles. The van der Waals surface area contributed by atoms with E-state index in [1.54, 1.807) is 0 Å². The van der Waals surface area contributed by atoms with Crippen molar-refractivity contribution < 1.29 is 10.2 Å². The highest BCUT2D eigenvalue weighted by Gasteiger charge is 2.54. The van der Waals surface area contributed by atoms with Crippen LogP contribution in [0.1, 0.15) is 46.5 Å². The fourth-order valence-corrected chi connectivity index (χ4v) is 4.32. The zero-order valence-corrected chi connectivity index (χ0v) is 11.4. The van der Waals surface area contributed by atoms with E-state index in [2.05, 4.69) is 20.4 Å². The van der Waals surface area contributed by atoms with E-state index in [0.29, 0.717) is 17.8 Å². The van der Waals surface area contributed by atoms with Crippen LogP contribution in [0.4, 0.5) is 0 Å². The van der Waals surface area contributed by atoms with Gasteiger partial charge in [0.1, 0.15) is 0 Å². The quantitative estimate of drug-likeness (QED) is 0.726. The van der Waals surface area contributed by atoms with Gasteiger partial charge in [0.2, 0.25) is 0 Å². The number of aliphatic hydroxyl groups is 2. The third kappa shape index (κ3) is 2.06. The molecule has 2 rings (SSSR count). The van der Waals surface area contributed by atoms with Gasteiger partial charge in [0.05, 0.1) is 5.60 Å². The summed E-state index contributed by atoms with van der Waals surface area (Å²) in [7, 11) is 0. The summed E-state index contributed by atoms with van der Waals surface area (Å²) in [4.78, 5) is 0. The summed E-state index contributed by atoms with van der Waals surface area (Å²) in [5, 5.41) is 20.5. The number of aliphatic hydroxyl groups excluding tert-OH is 1. The molecule has 0 unspecified atom stereocenters. The van der Waals surface area contributed by atoms with Gasteiger partial charge in [0.25, 0.3) is 0 Å². The molecule has 0 aromatic rings. The molecule has 0 aromatic carbocycles. The molecule has 0 spiro atoms. The van der Waals surface area contributed by atoms with E-state index in [-0.39, 0.29) is 12.0 Å². The van der Waals surface area contributed by atoms with E-state index in [9.17, 15) is 10.2 Å². The van der Waals surface area contributed by atoms with Crippen molar-refractivity contribution in [2.45, 2.75) is 52.1 Å². The SMILES string of the molecule is C=C(C)[C@]1(O)CC(C)(C)C[C@H]2[C@H](CO)CC[C@H]21. The normalized spacial score (nSPS) is 44.4. The van der Waals surface area contributed by atoms with Crippen LogP contribution in [0.25, 0.3) is 0 Å². The summed E-state index contributed by atoms with van der Waals surface area (Å²) >= 11 is 0. The van der Waals surface area contributed by atoms with Gasteiger partial charge >= 0.3 is 0 Å². The van der Waals surface area contributed by atoms with Crippen molar-refractivity contribution in [1.29, 1.82) is 0 Å². The van der Waals surface area contributed by atoms with Crippen molar-refractivity contribution in [3.8, 4) is 0 Å². The van der Waals surface area contributed by atoms with E-state index in [0.717, 1.165) is 31.3 Å². The zero-order chi connectivity index (χ0) is 12.8. The summed E-state index contributed by atoms with van der Waals surface area (Å²) in [5.74, 6) is 1.15. The molecule has 0 radical (unpaired) electrons. The number of hydrogen-bond donors (Lipinski definition) is 2. The second kappa shape index (κ2) is 4.10. The maximum Gasteiger partial charge on any atom is 0.0887 e. The molecule has 2 fully saturated rings. The highest BCUT2D eigenvalue weighted by Crippen LogP contribution is 2.57. The van der Waals surface area contributed by atoms with Crippen molar-refractivity contribution in [3.63, 3.8) is 0 Å². The first-order chi connectivity index (χ1) is 7.80. The average molecular weight is 238 g/mol. The topological polar surface area (TPSA) is 40.5 Å². The van der Waals surface area contributed by atoms with Crippen LogP contribution in [0.5, 0.6) is 0 Å². The second-order valence-electron chi connectivity index (χ2n) is 7.04. The van der Waals surface area contributed by atoms with Crippen LogP contribution in [0, 0.1) is 23.2 Å². The van der Waals surface area contributed by atoms with Crippen molar-refractivity contribution >= 4 is 0 Å². The third-order valence-corrected chi connectivity index (χ3v) is 5.09. The van der Waals surface area contributed by atoms with Crippen LogP contribution < -0.4 is 0 Å². The van der Waals surface area contributed by atoms with E-state index in [1.165, 1.54) is 0 Å². The average Bonchev–Trinajstić information content (AvgIpc) is 2.58. The lowest BCUT2D eigenvalue weighted by atomic mass is 9.58. The molecule has 2 aliphatic rings. The van der Waals surface area contributed by atoms with Gasteiger partial charge in [-0.25, -0.2) is 0 Å². The Balaban J connectivity index is 2.33. The maximum absolute atomic E-state index is 11.0. The Morgan fingerprint density at radius 3 is 2.53 bits per heavy atom. The van der Waals surface area contributed by atoms with Crippen molar-refractivity contribution in [2.24, 2.45) is 23.2 Å². The molecule has 98 valence electrons. The summed E-state index contributed by atoms with van der Waals surface area (Å²) in [6.45, 7) is 10.7. The molecule has 2 aliphatic carbocycles. The Hall–Kier alpha value is -0.340. The van der Waals surface area contributed by atoms with E-state index >= 15 is 0 Å². The van der Waals surface area contributed by atoms with Crippen LogP contribution in [-0.4, -0.2) is 22.4 Å². The first-order valence-electron chi connectivity index (χ1n) is 6.79. The highest BCUT2D eigenvalue weighted by molar-refractivity contribution is 5.19. The third-order valence-electron chi connectivity index (χ3n) is 5.09. The van der Waals surface area contributed by atoms with Gasteiger partial charge < -0.3 is 10.2 Å². The largest absolute Gasteiger partial charge is 0.396 e. The van der Waals surface area contributed by atoms with Crippen LogP contribution in [0.15, 0.2) is 12.2 Å². The van der Waals surface area contributed by atoms with Gasteiger partial charge in [-0.1, -0.05) is 20.4 Å². The molecule has 17 heavy (non-hydrogen) atoms. The predicted molar refractivity (Wildman–Crippen MR) is 69.6 cm³/mol. The van der Waals surface area contributed by atoms with E-state index in [4.69, 9.17) is 0 Å². The van der Waals surface area contributed by atoms with Crippen LogP contribution in [0.3, 0.4) is 0 Å². The first kappa shape index (κ1) is 13.1. The Bertz CT molecular complexity index is 321. The molecule has 2 saturated carbocycles. The molecule has 0 aliphatic heterocycles. The summed E-state index contributed by atoms with van der Waals surface area (Å²) in [6, 6.07) is 0. The van der Waals surface area contributed by atoms with Crippen molar-refractivity contribution in [2.75, 3.05) is 6.61 Å². The minimum Gasteiger partial charge on any atom is -0.396 e. The standard InChI is InChI=1S/C15H26O2/c1-10(2)15(17)9-14(3,4)7-12-11(8-16)5-6-13(12)15/h11-13,16-17H,1,5-9H2,2-4H3/t11-,12-,13+,15+/m0/s1. The lowest BCUT2D eigenvalue weighted by molar-refractivity contribution is -0.0854. The number of fused-ring (bicyclic) bond motifs is 1. The van der Waals surface area contributed by atoms with Crippen molar-refractivity contribution in [3.05, 3.63) is 12.2 Å².